The van der Waals surface area contributed by atoms with E-state index in [1.807, 2.05) is 18.2 Å². The van der Waals surface area contributed by atoms with Gasteiger partial charge in [-0.2, -0.15) is 0 Å². The number of likely N-dealkylation sites (tertiary alicyclic amines) is 1. The zero-order valence-corrected chi connectivity index (χ0v) is 12.1. The van der Waals surface area contributed by atoms with Crippen LogP contribution < -0.4 is 16.0 Å². The van der Waals surface area contributed by atoms with E-state index in [0.717, 1.165) is 24.5 Å². The molecule has 6 heteroatoms. The summed E-state index contributed by atoms with van der Waals surface area (Å²) in [6, 6.07) is 5.69. The van der Waals surface area contributed by atoms with Gasteiger partial charge in [0.2, 0.25) is 5.91 Å². The summed E-state index contributed by atoms with van der Waals surface area (Å²) in [5, 5.41) is 9.59. The second-order valence-corrected chi connectivity index (χ2v) is 5.57. The van der Waals surface area contributed by atoms with Crippen molar-refractivity contribution < 1.29 is 9.59 Å². The monoisotopic (exact) mass is 288 g/mol. The van der Waals surface area contributed by atoms with Crippen LogP contribution in [0.2, 0.25) is 0 Å². The molecule has 21 heavy (non-hydrogen) atoms. The summed E-state index contributed by atoms with van der Waals surface area (Å²) in [5.74, 6) is 0.0549. The fourth-order valence-corrected chi connectivity index (χ4v) is 2.86. The predicted molar refractivity (Wildman–Crippen MR) is 81.5 cm³/mol. The molecule has 1 atom stereocenters. The zero-order chi connectivity index (χ0) is 14.8. The van der Waals surface area contributed by atoms with E-state index < -0.39 is 0 Å². The number of hydrogen-bond donors (Lipinski definition) is 3. The molecule has 0 bridgehead atoms. The van der Waals surface area contributed by atoms with Gasteiger partial charge in [-0.25, -0.2) is 0 Å². The number of carbonyl (C=O) groups is 2. The first-order chi connectivity index (χ1) is 10.1. The molecule has 6 nitrogen and oxygen atoms in total. The third kappa shape index (κ3) is 2.79. The van der Waals surface area contributed by atoms with Gasteiger partial charge in [0.15, 0.2) is 0 Å². The summed E-state index contributed by atoms with van der Waals surface area (Å²) >= 11 is 0. The van der Waals surface area contributed by atoms with Gasteiger partial charge < -0.3 is 20.9 Å². The molecular formula is C15H20N4O2. The first kappa shape index (κ1) is 13.7. The van der Waals surface area contributed by atoms with Crippen LogP contribution in [0.5, 0.6) is 0 Å². The summed E-state index contributed by atoms with van der Waals surface area (Å²) in [7, 11) is 1.77. The second-order valence-electron chi connectivity index (χ2n) is 5.57. The van der Waals surface area contributed by atoms with E-state index in [1.54, 1.807) is 11.9 Å². The number of para-hydroxylation sites is 1. The molecule has 112 valence electrons. The second kappa shape index (κ2) is 5.63. The van der Waals surface area contributed by atoms with Crippen LogP contribution in [0.25, 0.3) is 0 Å². The summed E-state index contributed by atoms with van der Waals surface area (Å²) in [6.45, 7) is 2.23. The van der Waals surface area contributed by atoms with Crippen LogP contribution in [0.15, 0.2) is 18.2 Å². The Morgan fingerprint density at radius 2 is 2.14 bits per heavy atom. The van der Waals surface area contributed by atoms with Gasteiger partial charge in [-0.05, 0) is 18.6 Å². The van der Waals surface area contributed by atoms with Crippen LogP contribution in [0.4, 0.5) is 11.4 Å². The highest BCUT2D eigenvalue weighted by atomic mass is 16.2. The number of nitrogens with one attached hydrogen (secondary N) is 3. The molecule has 0 aromatic heterocycles. The van der Waals surface area contributed by atoms with Crippen molar-refractivity contribution in [3.05, 3.63) is 23.8 Å². The Labute approximate surface area is 123 Å². The number of nitrogens with zero attached hydrogens (tertiary/aromatic N) is 1. The largest absolute Gasteiger partial charge is 0.382 e. The smallest absolute Gasteiger partial charge is 0.253 e. The Hall–Kier alpha value is -2.24. The number of carbonyl (C=O) groups excluding carboxylic acids is 2. The van der Waals surface area contributed by atoms with Crippen molar-refractivity contribution in [1.82, 2.24) is 10.2 Å². The van der Waals surface area contributed by atoms with Crippen molar-refractivity contribution >= 4 is 23.2 Å². The van der Waals surface area contributed by atoms with Crippen LogP contribution in [-0.4, -0.2) is 49.4 Å². The summed E-state index contributed by atoms with van der Waals surface area (Å²) in [5.41, 5.74) is 2.48. The minimum atomic E-state index is -0.0872. The predicted octanol–water partition coefficient (Wildman–Crippen LogP) is 0.875. The van der Waals surface area contributed by atoms with Gasteiger partial charge in [0.1, 0.15) is 0 Å². The molecule has 1 aromatic rings. The normalized spacial score (nSPS) is 21.1. The van der Waals surface area contributed by atoms with Gasteiger partial charge >= 0.3 is 0 Å². The Morgan fingerprint density at radius 1 is 1.33 bits per heavy atom. The maximum Gasteiger partial charge on any atom is 0.253 e. The topological polar surface area (TPSA) is 73.5 Å². The van der Waals surface area contributed by atoms with Crippen molar-refractivity contribution in [2.24, 2.45) is 0 Å². The highest BCUT2D eigenvalue weighted by molar-refractivity contribution is 6.03. The summed E-state index contributed by atoms with van der Waals surface area (Å²) in [6.07, 6.45) is 1.20. The average Bonchev–Trinajstić information content (AvgIpc) is 2.50. The molecule has 0 radical (unpaired) electrons. The lowest BCUT2D eigenvalue weighted by Gasteiger charge is -2.30. The zero-order valence-electron chi connectivity index (χ0n) is 12.1. The number of amides is 2. The van der Waals surface area contributed by atoms with Crippen molar-refractivity contribution in [3.63, 3.8) is 0 Å². The average molecular weight is 288 g/mol. The number of anilines is 2. The van der Waals surface area contributed by atoms with Gasteiger partial charge in [-0.15, -0.1) is 0 Å². The Balaban J connectivity index is 1.73. The SMILES string of the molecule is CN1CC(NC(=O)c2cccc3c2NCCN3)CCC1=O. The lowest BCUT2D eigenvalue weighted by molar-refractivity contribution is -0.132. The Kier molecular flexibility index (Phi) is 3.68. The maximum absolute atomic E-state index is 12.5. The molecule has 2 aliphatic heterocycles. The Morgan fingerprint density at radius 3 is 2.95 bits per heavy atom. The van der Waals surface area contributed by atoms with E-state index in [1.165, 1.54) is 0 Å². The molecule has 0 aliphatic carbocycles. The van der Waals surface area contributed by atoms with E-state index in [9.17, 15) is 9.59 Å². The van der Waals surface area contributed by atoms with Crippen LogP contribution in [0.3, 0.4) is 0 Å². The Bertz CT molecular complexity index is 573. The third-order valence-corrected chi connectivity index (χ3v) is 4.01. The lowest BCUT2D eigenvalue weighted by Crippen LogP contribution is -2.48. The number of fused-ring (bicyclic) bond motifs is 1. The molecule has 1 aromatic carbocycles. The van der Waals surface area contributed by atoms with Crippen LogP contribution in [0.1, 0.15) is 23.2 Å². The standard InChI is InChI=1S/C15H20N4O2/c1-19-9-10(5-6-13(19)20)18-15(21)11-3-2-4-12-14(11)17-8-7-16-12/h2-4,10,16-17H,5-9H2,1H3,(H,18,21). The minimum Gasteiger partial charge on any atom is -0.382 e. The van der Waals surface area contributed by atoms with Gasteiger partial charge in [0.05, 0.1) is 16.9 Å². The van der Waals surface area contributed by atoms with E-state index in [4.69, 9.17) is 0 Å². The number of piperidine rings is 1. The van der Waals surface area contributed by atoms with E-state index in [2.05, 4.69) is 16.0 Å². The van der Waals surface area contributed by atoms with Crippen molar-refractivity contribution in [1.29, 1.82) is 0 Å². The van der Waals surface area contributed by atoms with Gasteiger partial charge in [0.25, 0.3) is 5.91 Å². The van der Waals surface area contributed by atoms with E-state index in [-0.39, 0.29) is 17.9 Å². The quantitative estimate of drug-likeness (QED) is 0.755. The molecule has 2 heterocycles. The molecule has 3 N–H and O–H groups in total. The number of benzene rings is 1. The fraction of sp³-hybridized carbons (Fsp3) is 0.467. The molecule has 1 unspecified atom stereocenters. The molecule has 2 aliphatic rings. The number of rotatable bonds is 2. The van der Waals surface area contributed by atoms with E-state index >= 15 is 0 Å². The van der Waals surface area contributed by atoms with Gasteiger partial charge in [-0.1, -0.05) is 6.07 Å². The molecule has 0 spiro atoms. The minimum absolute atomic E-state index is 0.0209. The van der Waals surface area contributed by atoms with Gasteiger partial charge in [0, 0.05) is 39.1 Å². The summed E-state index contributed by atoms with van der Waals surface area (Å²) in [4.78, 5) is 25.6. The first-order valence-electron chi connectivity index (χ1n) is 7.31. The fourth-order valence-electron chi connectivity index (χ4n) is 2.86. The molecule has 0 saturated carbocycles. The van der Waals surface area contributed by atoms with Crippen LogP contribution in [-0.2, 0) is 4.79 Å². The molecule has 1 saturated heterocycles. The molecule has 2 amide bonds. The van der Waals surface area contributed by atoms with Crippen molar-refractivity contribution in [2.75, 3.05) is 37.3 Å². The van der Waals surface area contributed by atoms with Crippen molar-refractivity contribution in [3.8, 4) is 0 Å². The van der Waals surface area contributed by atoms with E-state index in [0.29, 0.717) is 24.9 Å². The molecular weight excluding hydrogens is 268 g/mol. The molecule has 1 fully saturated rings. The van der Waals surface area contributed by atoms with Crippen LogP contribution >= 0.6 is 0 Å². The highest BCUT2D eigenvalue weighted by Crippen LogP contribution is 2.28. The van der Waals surface area contributed by atoms with Gasteiger partial charge in [-0.3, -0.25) is 9.59 Å². The number of likely N-dealkylation sites (N-methyl/N-ethyl adjacent to an activating group) is 1. The summed E-state index contributed by atoms with van der Waals surface area (Å²) < 4.78 is 0. The third-order valence-electron chi connectivity index (χ3n) is 4.01. The first-order valence-corrected chi connectivity index (χ1v) is 7.31. The maximum atomic E-state index is 12.5. The highest BCUT2D eigenvalue weighted by Gasteiger charge is 2.25. The molecule has 3 rings (SSSR count). The number of hydrogen-bond acceptors (Lipinski definition) is 4. The van der Waals surface area contributed by atoms with Crippen molar-refractivity contribution in [2.45, 2.75) is 18.9 Å². The lowest BCUT2D eigenvalue weighted by atomic mass is 10.0. The van der Waals surface area contributed by atoms with Crippen LogP contribution in [0, 0.1) is 0 Å².